The summed E-state index contributed by atoms with van der Waals surface area (Å²) in [7, 11) is 1.43. The lowest BCUT2D eigenvalue weighted by atomic mass is 10.1. The van der Waals surface area contributed by atoms with E-state index in [0.717, 1.165) is 6.07 Å². The van der Waals surface area contributed by atoms with Crippen molar-refractivity contribution < 1.29 is 13.9 Å². The molecule has 0 saturated heterocycles. The molecule has 0 aromatic heterocycles. The number of halogens is 1. The third-order valence-electron chi connectivity index (χ3n) is 1.66. The fourth-order valence-corrected chi connectivity index (χ4v) is 0.959. The number of methoxy groups -OCH3 is 1. The van der Waals surface area contributed by atoms with E-state index in [1.165, 1.54) is 19.2 Å². The molecular formula is C9H10FNO2. The van der Waals surface area contributed by atoms with E-state index in [0.29, 0.717) is 5.75 Å². The molecule has 3 nitrogen and oxygen atoms in total. The Bertz CT molecular complexity index is 325. The van der Waals surface area contributed by atoms with E-state index in [1.54, 1.807) is 0 Å². The van der Waals surface area contributed by atoms with Gasteiger partial charge in [-0.1, -0.05) is 0 Å². The van der Waals surface area contributed by atoms with Gasteiger partial charge in [-0.05, 0) is 12.1 Å². The van der Waals surface area contributed by atoms with Crippen LogP contribution < -0.4 is 10.5 Å². The molecule has 0 aliphatic rings. The Hall–Kier alpha value is -1.42. The molecule has 0 bridgehead atoms. The maximum atomic E-state index is 13.1. The first-order chi connectivity index (χ1) is 6.19. The Labute approximate surface area is 75.3 Å². The van der Waals surface area contributed by atoms with Crippen LogP contribution in [0.4, 0.5) is 4.39 Å². The van der Waals surface area contributed by atoms with Crippen molar-refractivity contribution in [3.05, 3.63) is 29.6 Å². The summed E-state index contributed by atoms with van der Waals surface area (Å²) in [6.07, 6.45) is 0. The van der Waals surface area contributed by atoms with Gasteiger partial charge in [-0.25, -0.2) is 4.39 Å². The highest BCUT2D eigenvalue weighted by Crippen LogP contribution is 2.16. The highest BCUT2D eigenvalue weighted by atomic mass is 19.1. The quantitative estimate of drug-likeness (QED) is 0.710. The molecule has 0 fully saturated rings. The number of ether oxygens (including phenoxy) is 1. The summed E-state index contributed by atoms with van der Waals surface area (Å²) < 4.78 is 17.9. The molecule has 0 atom stereocenters. The molecular weight excluding hydrogens is 173 g/mol. The molecule has 0 radical (unpaired) electrons. The standard InChI is InChI=1S/C9H10FNO2/c1-13-6-2-3-7(8(10)4-6)9(12)5-11/h2-4H,5,11H2,1H3. The molecule has 0 amide bonds. The average molecular weight is 183 g/mol. The zero-order valence-electron chi connectivity index (χ0n) is 7.21. The summed E-state index contributed by atoms with van der Waals surface area (Å²) in [5, 5.41) is 0. The van der Waals surface area contributed by atoms with Gasteiger partial charge >= 0.3 is 0 Å². The third-order valence-corrected chi connectivity index (χ3v) is 1.66. The maximum absolute atomic E-state index is 13.1. The van der Waals surface area contributed by atoms with Gasteiger partial charge in [0.25, 0.3) is 0 Å². The van der Waals surface area contributed by atoms with E-state index >= 15 is 0 Å². The second-order valence-corrected chi connectivity index (χ2v) is 2.47. The normalized spacial score (nSPS) is 9.77. The first kappa shape index (κ1) is 9.67. The summed E-state index contributed by atoms with van der Waals surface area (Å²) in [5.41, 5.74) is 5.10. The first-order valence-electron chi connectivity index (χ1n) is 3.76. The predicted molar refractivity (Wildman–Crippen MR) is 46.3 cm³/mol. The Balaban J connectivity index is 3.05. The lowest BCUT2D eigenvalue weighted by Crippen LogP contribution is -2.15. The predicted octanol–water partition coefficient (Wildman–Crippen LogP) is 0.976. The van der Waals surface area contributed by atoms with Crippen LogP contribution in [0.2, 0.25) is 0 Å². The molecule has 70 valence electrons. The first-order valence-corrected chi connectivity index (χ1v) is 3.76. The number of benzene rings is 1. The minimum atomic E-state index is -0.602. The highest BCUT2D eigenvalue weighted by molar-refractivity contribution is 5.97. The van der Waals surface area contributed by atoms with E-state index in [9.17, 15) is 9.18 Å². The molecule has 0 saturated carbocycles. The molecule has 4 heteroatoms. The molecule has 0 aliphatic heterocycles. The van der Waals surface area contributed by atoms with Gasteiger partial charge in [-0.2, -0.15) is 0 Å². The van der Waals surface area contributed by atoms with E-state index in [4.69, 9.17) is 10.5 Å². The van der Waals surface area contributed by atoms with Crippen LogP contribution in [0.1, 0.15) is 10.4 Å². The highest BCUT2D eigenvalue weighted by Gasteiger charge is 2.10. The van der Waals surface area contributed by atoms with Gasteiger partial charge in [0, 0.05) is 6.07 Å². The molecule has 2 N–H and O–H groups in total. The second kappa shape index (κ2) is 4.00. The molecule has 0 heterocycles. The number of hydrogen-bond donors (Lipinski definition) is 1. The van der Waals surface area contributed by atoms with Crippen molar-refractivity contribution >= 4 is 5.78 Å². The minimum Gasteiger partial charge on any atom is -0.497 e. The Morgan fingerprint density at radius 3 is 2.77 bits per heavy atom. The van der Waals surface area contributed by atoms with Gasteiger partial charge < -0.3 is 10.5 Å². The van der Waals surface area contributed by atoms with Crippen LogP contribution in [0.25, 0.3) is 0 Å². The van der Waals surface area contributed by atoms with Crippen molar-refractivity contribution in [2.75, 3.05) is 13.7 Å². The minimum absolute atomic E-state index is 0.00306. The van der Waals surface area contributed by atoms with Crippen molar-refractivity contribution in [2.24, 2.45) is 5.73 Å². The number of ketones is 1. The van der Waals surface area contributed by atoms with Crippen LogP contribution in [0.5, 0.6) is 5.75 Å². The van der Waals surface area contributed by atoms with Gasteiger partial charge in [0.1, 0.15) is 11.6 Å². The van der Waals surface area contributed by atoms with E-state index in [-0.39, 0.29) is 12.1 Å². The van der Waals surface area contributed by atoms with E-state index in [1.807, 2.05) is 0 Å². The maximum Gasteiger partial charge on any atom is 0.179 e. The van der Waals surface area contributed by atoms with Gasteiger partial charge in [0.05, 0.1) is 19.2 Å². The van der Waals surface area contributed by atoms with Crippen LogP contribution >= 0.6 is 0 Å². The van der Waals surface area contributed by atoms with Crippen LogP contribution in [0.15, 0.2) is 18.2 Å². The molecule has 0 unspecified atom stereocenters. The second-order valence-electron chi connectivity index (χ2n) is 2.47. The lowest BCUT2D eigenvalue weighted by molar-refractivity contribution is 0.0997. The van der Waals surface area contributed by atoms with Crippen molar-refractivity contribution in [2.45, 2.75) is 0 Å². The molecule has 0 aliphatic carbocycles. The lowest BCUT2D eigenvalue weighted by Gasteiger charge is -2.02. The molecule has 1 aromatic rings. The SMILES string of the molecule is COc1ccc(C(=O)CN)c(F)c1. The van der Waals surface area contributed by atoms with Crippen molar-refractivity contribution in [3.8, 4) is 5.75 Å². The average Bonchev–Trinajstić information content (AvgIpc) is 2.16. The monoisotopic (exact) mass is 183 g/mol. The van der Waals surface area contributed by atoms with E-state index < -0.39 is 11.6 Å². The largest absolute Gasteiger partial charge is 0.497 e. The van der Waals surface area contributed by atoms with Crippen molar-refractivity contribution in [1.82, 2.24) is 0 Å². The molecule has 0 spiro atoms. The number of Topliss-reactive ketones (excluding diaryl/α,β-unsaturated/α-hetero) is 1. The van der Waals surface area contributed by atoms with Gasteiger partial charge in [0.15, 0.2) is 5.78 Å². The summed E-state index contributed by atoms with van der Waals surface area (Å²) in [4.78, 5) is 11.0. The van der Waals surface area contributed by atoms with Crippen LogP contribution in [-0.2, 0) is 0 Å². The number of carbonyl (C=O) groups excluding carboxylic acids is 1. The number of hydrogen-bond acceptors (Lipinski definition) is 3. The third kappa shape index (κ3) is 2.03. The van der Waals surface area contributed by atoms with Gasteiger partial charge in [0.2, 0.25) is 0 Å². The van der Waals surface area contributed by atoms with Crippen LogP contribution in [0.3, 0.4) is 0 Å². The Morgan fingerprint density at radius 1 is 1.62 bits per heavy atom. The molecule has 1 aromatic carbocycles. The van der Waals surface area contributed by atoms with Crippen LogP contribution in [-0.4, -0.2) is 19.4 Å². The number of nitrogens with two attached hydrogens (primary N) is 1. The summed E-state index contributed by atoms with van der Waals surface area (Å²) in [6.45, 7) is -0.191. The smallest absolute Gasteiger partial charge is 0.179 e. The summed E-state index contributed by atoms with van der Waals surface area (Å²) >= 11 is 0. The zero-order valence-corrected chi connectivity index (χ0v) is 7.21. The summed E-state index contributed by atoms with van der Waals surface area (Å²) in [6, 6.07) is 4.04. The molecule has 1 rings (SSSR count). The summed E-state index contributed by atoms with van der Waals surface area (Å²) in [5.74, 6) is -0.638. The number of carbonyl (C=O) groups is 1. The van der Waals surface area contributed by atoms with Crippen molar-refractivity contribution in [1.29, 1.82) is 0 Å². The van der Waals surface area contributed by atoms with E-state index in [2.05, 4.69) is 0 Å². The van der Waals surface area contributed by atoms with Gasteiger partial charge in [-0.3, -0.25) is 4.79 Å². The Morgan fingerprint density at radius 2 is 2.31 bits per heavy atom. The zero-order chi connectivity index (χ0) is 9.84. The number of rotatable bonds is 3. The van der Waals surface area contributed by atoms with Crippen LogP contribution in [0, 0.1) is 5.82 Å². The molecule has 13 heavy (non-hydrogen) atoms. The topological polar surface area (TPSA) is 52.3 Å². The van der Waals surface area contributed by atoms with Crippen molar-refractivity contribution in [3.63, 3.8) is 0 Å². The van der Waals surface area contributed by atoms with Gasteiger partial charge in [-0.15, -0.1) is 0 Å². The Kier molecular flexibility index (Phi) is 2.97. The fourth-order valence-electron chi connectivity index (χ4n) is 0.959. The fraction of sp³-hybridized carbons (Fsp3) is 0.222.